The highest BCUT2D eigenvalue weighted by molar-refractivity contribution is 6.08. The third kappa shape index (κ3) is 4.65. The number of hydrogen-bond acceptors (Lipinski definition) is 5. The van der Waals surface area contributed by atoms with Gasteiger partial charge in [-0.25, -0.2) is 0 Å². The second kappa shape index (κ2) is 9.61. The summed E-state index contributed by atoms with van der Waals surface area (Å²) in [5.74, 6) is 0.0667. The Balaban J connectivity index is 1.31. The Labute approximate surface area is 201 Å². The average molecular weight is 466 g/mol. The molecule has 0 fully saturated rings. The molecule has 0 aliphatic carbocycles. The second-order valence-corrected chi connectivity index (χ2v) is 7.80. The summed E-state index contributed by atoms with van der Waals surface area (Å²) in [6.07, 6.45) is 0. The van der Waals surface area contributed by atoms with Crippen molar-refractivity contribution in [3.05, 3.63) is 96.6 Å². The van der Waals surface area contributed by atoms with Crippen molar-refractivity contribution in [1.82, 2.24) is 0 Å². The molecule has 0 saturated heterocycles. The van der Waals surface area contributed by atoms with Gasteiger partial charge >= 0.3 is 0 Å². The molecule has 0 bridgehead atoms. The molecule has 7 heteroatoms. The Morgan fingerprint density at radius 1 is 0.771 bits per heavy atom. The SMILES string of the molecule is COc1cc2c(cc1NC(=O)COc1ccccc1C(=O)Nc1ccccc1)oc1ccccc12. The molecule has 2 amide bonds. The van der Waals surface area contributed by atoms with Gasteiger partial charge in [0.15, 0.2) is 6.61 Å². The molecule has 2 N–H and O–H groups in total. The number of benzene rings is 4. The van der Waals surface area contributed by atoms with Crippen molar-refractivity contribution in [3.63, 3.8) is 0 Å². The highest BCUT2D eigenvalue weighted by Gasteiger charge is 2.16. The van der Waals surface area contributed by atoms with Crippen LogP contribution in [0.15, 0.2) is 95.4 Å². The number of anilines is 2. The number of rotatable bonds is 7. The summed E-state index contributed by atoms with van der Waals surface area (Å²) in [7, 11) is 1.54. The molecule has 0 saturated carbocycles. The van der Waals surface area contributed by atoms with E-state index >= 15 is 0 Å². The van der Waals surface area contributed by atoms with Gasteiger partial charge in [-0.2, -0.15) is 0 Å². The number of amides is 2. The van der Waals surface area contributed by atoms with Gasteiger partial charge in [0.2, 0.25) is 0 Å². The van der Waals surface area contributed by atoms with Crippen LogP contribution in [0.25, 0.3) is 21.9 Å². The highest BCUT2D eigenvalue weighted by Crippen LogP contribution is 2.36. The number of hydrogen-bond donors (Lipinski definition) is 2. The first-order valence-corrected chi connectivity index (χ1v) is 11.0. The minimum Gasteiger partial charge on any atom is -0.495 e. The zero-order valence-electron chi connectivity index (χ0n) is 18.9. The van der Waals surface area contributed by atoms with Crippen molar-refractivity contribution in [3.8, 4) is 11.5 Å². The summed E-state index contributed by atoms with van der Waals surface area (Å²) < 4.78 is 17.1. The molecule has 0 unspecified atom stereocenters. The van der Waals surface area contributed by atoms with Crippen LogP contribution in [0.2, 0.25) is 0 Å². The van der Waals surface area contributed by atoms with Gasteiger partial charge in [-0.3, -0.25) is 9.59 Å². The quantitative estimate of drug-likeness (QED) is 0.313. The Kier molecular flexibility index (Phi) is 6.05. The molecule has 35 heavy (non-hydrogen) atoms. The lowest BCUT2D eigenvalue weighted by Crippen LogP contribution is -2.22. The predicted octanol–water partition coefficient (Wildman–Crippen LogP) is 5.86. The fourth-order valence-electron chi connectivity index (χ4n) is 3.85. The molecule has 5 aromatic rings. The maximum Gasteiger partial charge on any atom is 0.262 e. The van der Waals surface area contributed by atoms with Gasteiger partial charge in [0.1, 0.15) is 22.7 Å². The smallest absolute Gasteiger partial charge is 0.262 e. The zero-order chi connectivity index (χ0) is 24.2. The fraction of sp³-hybridized carbons (Fsp3) is 0.0714. The Morgan fingerprint density at radius 3 is 2.34 bits per heavy atom. The van der Waals surface area contributed by atoms with Crippen LogP contribution in [0.4, 0.5) is 11.4 Å². The Bertz CT molecular complexity index is 1530. The van der Waals surface area contributed by atoms with Crippen molar-refractivity contribution < 1.29 is 23.5 Å². The summed E-state index contributed by atoms with van der Waals surface area (Å²) in [6.45, 7) is -0.295. The molecule has 0 radical (unpaired) electrons. The monoisotopic (exact) mass is 466 g/mol. The van der Waals surface area contributed by atoms with E-state index in [9.17, 15) is 9.59 Å². The highest BCUT2D eigenvalue weighted by atomic mass is 16.5. The molecule has 1 aromatic heterocycles. The topological polar surface area (TPSA) is 89.8 Å². The van der Waals surface area contributed by atoms with E-state index in [1.165, 1.54) is 7.11 Å². The lowest BCUT2D eigenvalue weighted by Gasteiger charge is -2.13. The molecule has 4 aromatic carbocycles. The standard InChI is InChI=1S/C28H22N2O5/c1-33-26-15-21-19-11-5-8-14-24(19)35-25(21)16-22(26)30-27(31)17-34-23-13-7-6-12-20(23)28(32)29-18-9-3-2-4-10-18/h2-16H,17H2,1H3,(H,29,32)(H,30,31). The van der Waals surface area contributed by atoms with E-state index < -0.39 is 5.91 Å². The van der Waals surface area contributed by atoms with Gasteiger partial charge in [0.25, 0.3) is 11.8 Å². The molecule has 0 aliphatic heterocycles. The first-order chi connectivity index (χ1) is 17.1. The molecule has 7 nitrogen and oxygen atoms in total. The van der Waals surface area contributed by atoms with E-state index in [1.54, 1.807) is 42.5 Å². The summed E-state index contributed by atoms with van der Waals surface area (Å²) in [5, 5.41) is 7.49. The normalized spacial score (nSPS) is 10.8. The van der Waals surface area contributed by atoms with E-state index in [2.05, 4.69) is 10.6 Å². The molecule has 174 valence electrons. The zero-order valence-corrected chi connectivity index (χ0v) is 18.9. The Morgan fingerprint density at radius 2 is 1.51 bits per heavy atom. The lowest BCUT2D eigenvalue weighted by atomic mass is 10.1. The summed E-state index contributed by atoms with van der Waals surface area (Å²) in [4.78, 5) is 25.4. The molecule has 0 atom stereocenters. The number of carbonyl (C=O) groups excluding carboxylic acids is 2. The molecule has 1 heterocycles. The third-order valence-electron chi connectivity index (χ3n) is 5.50. The molecule has 0 spiro atoms. The predicted molar refractivity (Wildman–Crippen MR) is 135 cm³/mol. The van der Waals surface area contributed by atoms with Crippen LogP contribution in [0.3, 0.4) is 0 Å². The number of methoxy groups -OCH3 is 1. The summed E-state index contributed by atoms with van der Waals surface area (Å²) in [6, 6.07) is 27.1. The largest absolute Gasteiger partial charge is 0.495 e. The van der Waals surface area contributed by atoms with Gasteiger partial charge < -0.3 is 24.5 Å². The van der Waals surface area contributed by atoms with Crippen LogP contribution >= 0.6 is 0 Å². The lowest BCUT2D eigenvalue weighted by molar-refractivity contribution is -0.118. The summed E-state index contributed by atoms with van der Waals surface area (Å²) >= 11 is 0. The van der Waals surface area contributed by atoms with Gasteiger partial charge in [-0.1, -0.05) is 48.5 Å². The van der Waals surface area contributed by atoms with Crippen LogP contribution < -0.4 is 20.1 Å². The van der Waals surface area contributed by atoms with Gasteiger partial charge in [-0.05, 0) is 36.4 Å². The van der Waals surface area contributed by atoms with Crippen LogP contribution in [-0.2, 0) is 4.79 Å². The average Bonchev–Trinajstić information content (AvgIpc) is 3.25. The van der Waals surface area contributed by atoms with Crippen LogP contribution in [-0.4, -0.2) is 25.5 Å². The van der Waals surface area contributed by atoms with Crippen molar-refractivity contribution in [2.45, 2.75) is 0 Å². The molecule has 5 rings (SSSR count). The Hall–Kier alpha value is -4.78. The van der Waals surface area contributed by atoms with E-state index in [0.29, 0.717) is 34.0 Å². The number of para-hydroxylation sites is 3. The molecular formula is C28H22N2O5. The van der Waals surface area contributed by atoms with Crippen molar-refractivity contribution in [2.75, 3.05) is 24.4 Å². The van der Waals surface area contributed by atoms with Crippen molar-refractivity contribution in [2.24, 2.45) is 0 Å². The summed E-state index contributed by atoms with van der Waals surface area (Å²) in [5.41, 5.74) is 2.83. The first-order valence-electron chi connectivity index (χ1n) is 11.0. The third-order valence-corrected chi connectivity index (χ3v) is 5.50. The first kappa shape index (κ1) is 22.0. The maximum atomic E-state index is 12.7. The molecular weight excluding hydrogens is 444 g/mol. The van der Waals surface area contributed by atoms with E-state index in [4.69, 9.17) is 13.9 Å². The van der Waals surface area contributed by atoms with Gasteiger partial charge in [-0.15, -0.1) is 0 Å². The van der Waals surface area contributed by atoms with Crippen molar-refractivity contribution in [1.29, 1.82) is 0 Å². The number of nitrogens with one attached hydrogen (secondary N) is 2. The van der Waals surface area contributed by atoms with Crippen LogP contribution in [0.1, 0.15) is 10.4 Å². The minimum atomic E-state index is -0.406. The van der Waals surface area contributed by atoms with Gasteiger partial charge in [0, 0.05) is 22.5 Å². The van der Waals surface area contributed by atoms with Gasteiger partial charge in [0.05, 0.1) is 18.4 Å². The molecule has 0 aliphatic rings. The van der Waals surface area contributed by atoms with E-state index in [0.717, 1.165) is 16.4 Å². The fourth-order valence-corrected chi connectivity index (χ4v) is 3.85. The van der Waals surface area contributed by atoms with Crippen molar-refractivity contribution >= 4 is 45.1 Å². The number of carbonyl (C=O) groups is 2. The van der Waals surface area contributed by atoms with E-state index in [1.807, 2.05) is 48.5 Å². The van der Waals surface area contributed by atoms with Crippen LogP contribution in [0, 0.1) is 0 Å². The second-order valence-electron chi connectivity index (χ2n) is 7.80. The van der Waals surface area contributed by atoms with Crippen LogP contribution in [0.5, 0.6) is 11.5 Å². The minimum absolute atomic E-state index is 0.295. The maximum absolute atomic E-state index is 12.7. The number of fused-ring (bicyclic) bond motifs is 3. The number of furan rings is 1. The van der Waals surface area contributed by atoms with E-state index in [-0.39, 0.29) is 12.5 Å². The number of ether oxygens (including phenoxy) is 2.